The summed E-state index contributed by atoms with van der Waals surface area (Å²) in [6.07, 6.45) is 4.06. The number of hydrazine groups is 1. The second-order valence-corrected chi connectivity index (χ2v) is 8.01. The molecule has 0 aromatic heterocycles. The van der Waals surface area contributed by atoms with Crippen molar-refractivity contribution in [2.45, 2.75) is 37.6 Å². The van der Waals surface area contributed by atoms with E-state index in [2.05, 4.69) is 10.7 Å². The first-order chi connectivity index (χ1) is 15.0. The number of para-hydroxylation sites is 1. The first-order valence-electron chi connectivity index (χ1n) is 10.5. The zero-order valence-corrected chi connectivity index (χ0v) is 17.5. The first kappa shape index (κ1) is 20.7. The van der Waals surface area contributed by atoms with E-state index in [1.165, 1.54) is 0 Å². The fraction of sp³-hybridized carbons (Fsp3) is 0.348. The molecule has 2 fully saturated rings. The predicted molar refractivity (Wildman–Crippen MR) is 116 cm³/mol. The summed E-state index contributed by atoms with van der Waals surface area (Å²) in [5.41, 5.74) is 2.41. The lowest BCUT2D eigenvalue weighted by molar-refractivity contribution is -0.139. The highest BCUT2D eigenvalue weighted by Gasteiger charge is 2.52. The Bertz CT molecular complexity index is 955. The summed E-state index contributed by atoms with van der Waals surface area (Å²) in [5.74, 6) is 0.622. The number of ether oxygens (including phenoxy) is 1. The van der Waals surface area contributed by atoms with Gasteiger partial charge in [-0.1, -0.05) is 37.5 Å². The van der Waals surface area contributed by atoms with E-state index >= 15 is 0 Å². The van der Waals surface area contributed by atoms with Crippen LogP contribution in [0.1, 0.15) is 32.1 Å². The number of hydrogen-bond donors (Lipinski definition) is 2. The fourth-order valence-electron chi connectivity index (χ4n) is 4.08. The minimum Gasteiger partial charge on any atom is -0.457 e. The van der Waals surface area contributed by atoms with Crippen LogP contribution in [0, 0.1) is 0 Å². The van der Waals surface area contributed by atoms with Crippen LogP contribution < -0.4 is 20.4 Å². The maximum Gasteiger partial charge on any atom is 0.344 e. The number of rotatable bonds is 6. The number of anilines is 1. The maximum absolute atomic E-state index is 12.8. The summed E-state index contributed by atoms with van der Waals surface area (Å²) in [6.45, 7) is -0.0110. The number of benzene rings is 2. The van der Waals surface area contributed by atoms with Gasteiger partial charge in [-0.05, 0) is 49.2 Å². The van der Waals surface area contributed by atoms with Crippen LogP contribution in [0.4, 0.5) is 10.5 Å². The maximum atomic E-state index is 12.8. The molecule has 2 N–H and O–H groups in total. The largest absolute Gasteiger partial charge is 0.457 e. The molecule has 1 heterocycles. The van der Waals surface area contributed by atoms with Gasteiger partial charge in [-0.2, -0.15) is 5.01 Å². The third kappa shape index (κ3) is 4.47. The molecule has 4 amide bonds. The third-order valence-electron chi connectivity index (χ3n) is 5.74. The monoisotopic (exact) mass is 422 g/mol. The molecule has 31 heavy (non-hydrogen) atoms. The highest BCUT2D eigenvalue weighted by atomic mass is 16.5. The normalized spacial score (nSPS) is 17.4. The molecule has 0 bridgehead atoms. The average Bonchev–Trinajstić information content (AvgIpc) is 2.99. The Balaban J connectivity index is 1.33. The van der Waals surface area contributed by atoms with Crippen LogP contribution in [0.3, 0.4) is 0 Å². The number of amides is 4. The summed E-state index contributed by atoms with van der Waals surface area (Å²) >= 11 is 0. The number of imide groups is 1. The van der Waals surface area contributed by atoms with Gasteiger partial charge >= 0.3 is 6.03 Å². The van der Waals surface area contributed by atoms with Crippen LogP contribution in [-0.2, 0) is 9.59 Å². The molecule has 2 aromatic carbocycles. The molecule has 8 heteroatoms. The van der Waals surface area contributed by atoms with Gasteiger partial charge in [0.25, 0.3) is 11.8 Å². The molecule has 2 aromatic rings. The lowest BCUT2D eigenvalue weighted by Gasteiger charge is -2.30. The van der Waals surface area contributed by atoms with Gasteiger partial charge in [-0.3, -0.25) is 15.0 Å². The van der Waals surface area contributed by atoms with E-state index in [0.29, 0.717) is 18.6 Å². The summed E-state index contributed by atoms with van der Waals surface area (Å²) in [7, 11) is 1.77. The van der Waals surface area contributed by atoms with Crippen LogP contribution in [0.15, 0.2) is 54.6 Å². The smallest absolute Gasteiger partial charge is 0.344 e. The zero-order valence-electron chi connectivity index (χ0n) is 17.5. The second-order valence-electron chi connectivity index (χ2n) is 8.01. The minimum absolute atomic E-state index is 0.0110. The fourth-order valence-corrected chi connectivity index (χ4v) is 4.08. The van der Waals surface area contributed by atoms with Crippen molar-refractivity contribution < 1.29 is 19.1 Å². The van der Waals surface area contributed by atoms with Gasteiger partial charge in [-0.25, -0.2) is 4.79 Å². The van der Waals surface area contributed by atoms with E-state index in [1.54, 1.807) is 11.9 Å². The lowest BCUT2D eigenvalue weighted by Crippen LogP contribution is -2.52. The molecule has 1 aliphatic carbocycles. The number of hydrogen-bond acceptors (Lipinski definition) is 5. The molecule has 0 atom stereocenters. The summed E-state index contributed by atoms with van der Waals surface area (Å²) < 4.78 is 5.77. The number of urea groups is 1. The molecule has 0 radical (unpaired) electrons. The minimum atomic E-state index is -0.858. The van der Waals surface area contributed by atoms with Crippen molar-refractivity contribution in [1.29, 1.82) is 0 Å². The number of carbonyl (C=O) groups excluding carboxylic acids is 3. The van der Waals surface area contributed by atoms with Crippen molar-refractivity contribution in [3.8, 4) is 11.5 Å². The van der Waals surface area contributed by atoms with Crippen molar-refractivity contribution in [3.63, 3.8) is 0 Å². The molecule has 4 rings (SSSR count). The Labute approximate surface area is 181 Å². The first-order valence-corrected chi connectivity index (χ1v) is 10.5. The zero-order chi connectivity index (χ0) is 21.8. The Morgan fingerprint density at radius 1 is 1.03 bits per heavy atom. The van der Waals surface area contributed by atoms with Crippen molar-refractivity contribution in [1.82, 2.24) is 15.8 Å². The molecule has 1 saturated carbocycles. The molecule has 1 aliphatic heterocycles. The Kier molecular flexibility index (Phi) is 5.79. The quantitative estimate of drug-likeness (QED) is 0.698. The van der Waals surface area contributed by atoms with Crippen molar-refractivity contribution >= 4 is 23.5 Å². The van der Waals surface area contributed by atoms with E-state index in [1.807, 2.05) is 54.6 Å². The van der Waals surface area contributed by atoms with Crippen LogP contribution >= 0.6 is 0 Å². The summed E-state index contributed by atoms with van der Waals surface area (Å²) in [4.78, 5) is 39.3. The van der Waals surface area contributed by atoms with Gasteiger partial charge in [0.1, 0.15) is 17.0 Å². The summed E-state index contributed by atoms with van der Waals surface area (Å²) in [5, 5.41) is 3.61. The molecule has 0 unspecified atom stereocenters. The Hall–Kier alpha value is -3.55. The van der Waals surface area contributed by atoms with Gasteiger partial charge in [0, 0.05) is 12.7 Å². The number of likely N-dealkylation sites (N-methyl/N-ethyl adjacent to an activating group) is 1. The molecule has 1 saturated heterocycles. The van der Waals surface area contributed by atoms with E-state index in [9.17, 15) is 14.4 Å². The van der Waals surface area contributed by atoms with Gasteiger partial charge in [0.2, 0.25) is 0 Å². The molecule has 2 aliphatic rings. The van der Waals surface area contributed by atoms with Crippen molar-refractivity contribution in [3.05, 3.63) is 54.6 Å². The number of nitrogens with one attached hydrogen (secondary N) is 2. The van der Waals surface area contributed by atoms with Crippen LogP contribution in [-0.4, -0.2) is 42.0 Å². The third-order valence-corrected chi connectivity index (χ3v) is 5.74. The van der Waals surface area contributed by atoms with Gasteiger partial charge in [-0.15, -0.1) is 0 Å². The Morgan fingerprint density at radius 2 is 1.68 bits per heavy atom. The van der Waals surface area contributed by atoms with Crippen molar-refractivity contribution in [2.24, 2.45) is 0 Å². The molecular weight excluding hydrogens is 396 g/mol. The molecule has 1 spiro atoms. The van der Waals surface area contributed by atoms with E-state index < -0.39 is 17.5 Å². The standard InChI is InChI=1S/C23H26N4O4/c1-26(17-10-12-19(13-11-17)31-18-8-4-2-5-9-18)16-20(28)25-27-21(29)23(24-22(27)30)14-6-3-7-15-23/h2,4-5,8-13H,3,6-7,14-16H2,1H3,(H,24,30)(H,25,28). The molecular formula is C23H26N4O4. The van der Waals surface area contributed by atoms with E-state index in [-0.39, 0.29) is 12.5 Å². The van der Waals surface area contributed by atoms with E-state index in [4.69, 9.17) is 4.74 Å². The lowest BCUT2D eigenvalue weighted by atomic mass is 9.82. The summed E-state index contributed by atoms with van der Waals surface area (Å²) in [6, 6.07) is 16.2. The molecule has 8 nitrogen and oxygen atoms in total. The topological polar surface area (TPSA) is 91.0 Å². The van der Waals surface area contributed by atoms with Gasteiger partial charge in [0.05, 0.1) is 6.54 Å². The van der Waals surface area contributed by atoms with Crippen molar-refractivity contribution in [2.75, 3.05) is 18.5 Å². The van der Waals surface area contributed by atoms with Crippen LogP contribution in [0.2, 0.25) is 0 Å². The van der Waals surface area contributed by atoms with E-state index in [0.717, 1.165) is 35.7 Å². The van der Waals surface area contributed by atoms with Crippen LogP contribution in [0.25, 0.3) is 0 Å². The number of nitrogens with zero attached hydrogens (tertiary/aromatic N) is 2. The highest BCUT2D eigenvalue weighted by Crippen LogP contribution is 2.33. The molecule has 162 valence electrons. The van der Waals surface area contributed by atoms with Gasteiger partial charge in [0.15, 0.2) is 0 Å². The Morgan fingerprint density at radius 3 is 2.35 bits per heavy atom. The second kappa shape index (κ2) is 8.67. The highest BCUT2D eigenvalue weighted by molar-refractivity contribution is 6.08. The predicted octanol–water partition coefficient (Wildman–Crippen LogP) is 3.20. The van der Waals surface area contributed by atoms with Gasteiger partial charge < -0.3 is 15.0 Å². The average molecular weight is 422 g/mol. The number of carbonyl (C=O) groups is 3. The van der Waals surface area contributed by atoms with Crippen LogP contribution in [0.5, 0.6) is 11.5 Å². The SMILES string of the molecule is CN(CC(=O)NN1C(=O)NC2(CCCCC2)C1=O)c1ccc(Oc2ccccc2)cc1.